The Morgan fingerprint density at radius 2 is 1.86 bits per heavy atom. The molecule has 12 heteroatoms. The van der Waals surface area contributed by atoms with Crippen LogP contribution in [0.15, 0.2) is 36.7 Å². The van der Waals surface area contributed by atoms with Gasteiger partial charge in [0, 0.05) is 35.0 Å². The van der Waals surface area contributed by atoms with E-state index in [0.29, 0.717) is 56.7 Å². The topological polar surface area (TPSA) is 120 Å². The molecule has 0 spiro atoms. The van der Waals surface area contributed by atoms with Crippen molar-refractivity contribution in [1.82, 2.24) is 29.7 Å². The van der Waals surface area contributed by atoms with Crippen molar-refractivity contribution in [3.05, 3.63) is 52.7 Å². The number of nitrogens with one attached hydrogen (secondary N) is 1. The van der Waals surface area contributed by atoms with Crippen molar-refractivity contribution in [2.45, 2.75) is 6.54 Å². The Morgan fingerprint density at radius 3 is 2.63 bits per heavy atom. The Morgan fingerprint density at radius 1 is 1.06 bits per heavy atom. The summed E-state index contributed by atoms with van der Waals surface area (Å²) in [5.41, 5.74) is 3.23. The zero-order valence-corrected chi connectivity index (χ0v) is 20.3. The van der Waals surface area contributed by atoms with Crippen molar-refractivity contribution < 1.29 is 19.3 Å². The van der Waals surface area contributed by atoms with Crippen molar-refractivity contribution in [1.29, 1.82) is 0 Å². The fourth-order valence-corrected chi connectivity index (χ4v) is 4.18. The Bertz CT molecular complexity index is 1530. The van der Waals surface area contributed by atoms with Crippen LogP contribution in [0, 0.1) is 0 Å². The molecule has 0 saturated carbocycles. The maximum Gasteiger partial charge on any atom is 0.242 e. The van der Waals surface area contributed by atoms with Crippen LogP contribution in [0.1, 0.15) is 5.82 Å². The van der Waals surface area contributed by atoms with Crippen LogP contribution in [0.25, 0.3) is 33.2 Å². The van der Waals surface area contributed by atoms with Gasteiger partial charge in [-0.3, -0.25) is 4.68 Å². The normalized spacial score (nSPS) is 11.3. The van der Waals surface area contributed by atoms with E-state index >= 15 is 0 Å². The summed E-state index contributed by atoms with van der Waals surface area (Å²) < 4.78 is 18.2. The minimum atomic E-state index is -0.151. The molecule has 0 fully saturated rings. The number of aromatic nitrogens is 6. The van der Waals surface area contributed by atoms with Gasteiger partial charge >= 0.3 is 0 Å². The Balaban J connectivity index is 1.61. The molecule has 180 valence electrons. The van der Waals surface area contributed by atoms with E-state index < -0.39 is 0 Å². The molecule has 35 heavy (non-hydrogen) atoms. The first kappa shape index (κ1) is 23.2. The molecule has 0 radical (unpaired) electrons. The quantitative estimate of drug-likeness (QED) is 0.296. The summed E-state index contributed by atoms with van der Waals surface area (Å²) in [7, 11) is 3.11. The van der Waals surface area contributed by atoms with Gasteiger partial charge in [0.25, 0.3) is 0 Å². The molecule has 5 rings (SSSR count). The van der Waals surface area contributed by atoms with E-state index in [-0.39, 0.29) is 13.2 Å². The van der Waals surface area contributed by atoms with Crippen LogP contribution >= 0.6 is 23.2 Å². The summed E-state index contributed by atoms with van der Waals surface area (Å²) in [6.45, 7) is 0.268. The van der Waals surface area contributed by atoms with Crippen molar-refractivity contribution in [2.75, 3.05) is 27.4 Å². The summed E-state index contributed by atoms with van der Waals surface area (Å²) in [6.07, 6.45) is 3.51. The predicted molar refractivity (Wildman–Crippen MR) is 132 cm³/mol. The number of imidazole rings is 1. The number of hydrogen-bond acceptors (Lipinski definition) is 8. The number of halogens is 2. The highest BCUT2D eigenvalue weighted by molar-refractivity contribution is 6.34. The molecule has 0 aliphatic heterocycles. The largest absolute Gasteiger partial charge is 0.493 e. The monoisotopic (exact) mass is 514 g/mol. The number of rotatable bonds is 8. The van der Waals surface area contributed by atoms with E-state index in [1.807, 2.05) is 12.3 Å². The second kappa shape index (κ2) is 9.57. The van der Waals surface area contributed by atoms with Gasteiger partial charge in [-0.1, -0.05) is 23.2 Å². The first-order chi connectivity index (χ1) is 17.0. The molecule has 0 amide bonds. The van der Waals surface area contributed by atoms with Gasteiger partial charge in [-0.2, -0.15) is 5.10 Å². The van der Waals surface area contributed by atoms with Gasteiger partial charge in [-0.25, -0.2) is 15.0 Å². The number of hydrogen-bond donors (Lipinski definition) is 2. The third kappa shape index (κ3) is 4.43. The van der Waals surface area contributed by atoms with Crippen LogP contribution in [-0.2, 0) is 6.54 Å². The maximum absolute atomic E-state index is 9.22. The molecule has 4 aromatic heterocycles. The van der Waals surface area contributed by atoms with Crippen molar-refractivity contribution >= 4 is 45.3 Å². The number of aliphatic hydroxyl groups is 1. The Labute approximate surface area is 209 Å². The number of fused-ring (bicyclic) bond motifs is 2. The summed E-state index contributed by atoms with van der Waals surface area (Å²) in [4.78, 5) is 16.4. The van der Waals surface area contributed by atoms with Crippen molar-refractivity contribution in [2.24, 2.45) is 0 Å². The smallest absolute Gasteiger partial charge is 0.242 e. The van der Waals surface area contributed by atoms with Crippen molar-refractivity contribution in [3.8, 4) is 28.5 Å². The standard InChI is InChI=1S/C23H20Cl2N6O4/c1-33-17-7-12(15(24)8-18(17)34-2)13-9-26-23(35-6-5-32)21-14(13)10-31(30-21)11-20-27-16-3-4-19(25)28-22(16)29-20/h3-4,7-10,32H,5-6,11H2,1-2H3,(H,27,28,29). The highest BCUT2D eigenvalue weighted by atomic mass is 35.5. The van der Waals surface area contributed by atoms with Gasteiger partial charge in [-0.05, 0) is 18.2 Å². The predicted octanol–water partition coefficient (Wildman–Crippen LogP) is 4.11. The Kier molecular flexibility index (Phi) is 6.33. The molecule has 0 aliphatic carbocycles. The average molecular weight is 515 g/mol. The molecular weight excluding hydrogens is 495 g/mol. The average Bonchev–Trinajstić information content (AvgIpc) is 3.45. The van der Waals surface area contributed by atoms with E-state index in [4.69, 9.17) is 37.4 Å². The number of benzene rings is 1. The molecule has 1 aromatic carbocycles. The first-order valence-corrected chi connectivity index (χ1v) is 11.3. The molecule has 0 bridgehead atoms. The lowest BCUT2D eigenvalue weighted by atomic mass is 10.0. The SMILES string of the molecule is COc1cc(Cl)c(-c2cnc(OCCO)c3nn(Cc4nc5nc(Cl)ccc5[nH]4)cc23)cc1OC. The molecule has 0 atom stereocenters. The Hall–Kier alpha value is -3.60. The fraction of sp³-hybridized carbons (Fsp3) is 0.217. The molecule has 0 unspecified atom stereocenters. The lowest BCUT2D eigenvalue weighted by Gasteiger charge is -2.13. The van der Waals surface area contributed by atoms with Crippen LogP contribution in [0.3, 0.4) is 0 Å². The molecular formula is C23H20Cl2N6O4. The van der Waals surface area contributed by atoms with Crippen LogP contribution in [0.5, 0.6) is 17.4 Å². The van der Waals surface area contributed by atoms with Crippen molar-refractivity contribution in [3.63, 3.8) is 0 Å². The van der Waals surface area contributed by atoms with E-state index in [0.717, 1.165) is 16.5 Å². The molecule has 5 aromatic rings. The number of aromatic amines is 1. The summed E-state index contributed by atoms with van der Waals surface area (Å²) in [6, 6.07) is 7.00. The molecule has 10 nitrogen and oxygen atoms in total. The van der Waals surface area contributed by atoms with Crippen LogP contribution < -0.4 is 14.2 Å². The van der Waals surface area contributed by atoms with Gasteiger partial charge in [0.15, 0.2) is 22.7 Å². The molecule has 2 N–H and O–H groups in total. The minimum Gasteiger partial charge on any atom is -0.493 e. The van der Waals surface area contributed by atoms with Gasteiger partial charge in [0.2, 0.25) is 5.88 Å². The van der Waals surface area contributed by atoms with Crippen LogP contribution in [0.2, 0.25) is 10.2 Å². The zero-order chi connectivity index (χ0) is 24.5. The van der Waals surface area contributed by atoms with Crippen LogP contribution in [-0.4, -0.2) is 62.3 Å². The first-order valence-electron chi connectivity index (χ1n) is 10.5. The lowest BCUT2D eigenvalue weighted by Crippen LogP contribution is -2.04. The third-order valence-electron chi connectivity index (χ3n) is 5.33. The van der Waals surface area contributed by atoms with Crippen LogP contribution in [0.4, 0.5) is 0 Å². The minimum absolute atomic E-state index is 0.0847. The number of H-pyrrole nitrogens is 1. The summed E-state index contributed by atoms with van der Waals surface area (Å²) in [5, 5.41) is 15.5. The highest BCUT2D eigenvalue weighted by Gasteiger charge is 2.19. The molecule has 0 saturated heterocycles. The maximum atomic E-state index is 9.22. The van der Waals surface area contributed by atoms with Gasteiger partial charge in [0.1, 0.15) is 17.6 Å². The number of pyridine rings is 2. The summed E-state index contributed by atoms with van der Waals surface area (Å²) in [5.74, 6) is 1.99. The zero-order valence-electron chi connectivity index (χ0n) is 18.7. The second-order valence-electron chi connectivity index (χ2n) is 7.51. The van der Waals surface area contributed by atoms with E-state index in [1.54, 1.807) is 43.3 Å². The van der Waals surface area contributed by atoms with Gasteiger partial charge in [-0.15, -0.1) is 0 Å². The second-order valence-corrected chi connectivity index (χ2v) is 8.31. The molecule has 0 aliphatic rings. The molecule has 4 heterocycles. The van der Waals surface area contributed by atoms with Gasteiger partial charge < -0.3 is 24.3 Å². The lowest BCUT2D eigenvalue weighted by molar-refractivity contribution is 0.198. The highest BCUT2D eigenvalue weighted by Crippen LogP contribution is 2.41. The van der Waals surface area contributed by atoms with Gasteiger partial charge in [0.05, 0.1) is 37.9 Å². The van der Waals surface area contributed by atoms with E-state index in [2.05, 4.69) is 25.0 Å². The fourth-order valence-electron chi connectivity index (χ4n) is 3.78. The van der Waals surface area contributed by atoms with E-state index in [9.17, 15) is 5.11 Å². The number of aliphatic hydroxyl groups excluding tert-OH is 1. The van der Waals surface area contributed by atoms with E-state index in [1.165, 1.54) is 0 Å². The number of nitrogens with zero attached hydrogens (tertiary/aromatic N) is 5. The number of methoxy groups -OCH3 is 2. The third-order valence-corrected chi connectivity index (χ3v) is 5.85. The number of ether oxygens (including phenoxy) is 3. The summed E-state index contributed by atoms with van der Waals surface area (Å²) >= 11 is 12.6.